The lowest BCUT2D eigenvalue weighted by Gasteiger charge is -2.16. The van der Waals surface area contributed by atoms with E-state index in [0.717, 1.165) is 5.69 Å². The number of methoxy groups -OCH3 is 1. The molecule has 2 aliphatic rings. The summed E-state index contributed by atoms with van der Waals surface area (Å²) in [6.07, 6.45) is -1.97. The molecule has 0 saturated carbocycles. The van der Waals surface area contributed by atoms with Gasteiger partial charge in [0.1, 0.15) is 0 Å². The van der Waals surface area contributed by atoms with Gasteiger partial charge in [-0.15, -0.1) is 8.78 Å². The van der Waals surface area contributed by atoms with Crippen molar-refractivity contribution >= 4 is 0 Å². The Bertz CT molecular complexity index is 726. The third-order valence-corrected chi connectivity index (χ3v) is 4.36. The number of ether oxygens (including phenoxy) is 3. The molecular weight excluding hydrogens is 322 g/mol. The van der Waals surface area contributed by atoms with Gasteiger partial charge in [-0.1, -0.05) is 12.1 Å². The summed E-state index contributed by atoms with van der Waals surface area (Å²) in [5, 5.41) is 10.6. The highest BCUT2D eigenvalue weighted by Gasteiger charge is 2.45. The van der Waals surface area contributed by atoms with Crippen LogP contribution in [0.4, 0.5) is 8.78 Å². The first-order valence-electron chi connectivity index (χ1n) is 7.54. The fourth-order valence-corrected chi connectivity index (χ4v) is 3.28. The molecule has 2 aliphatic heterocycles. The zero-order valence-electron chi connectivity index (χ0n) is 12.9. The number of para-hydroxylation sites is 1. The second-order valence-electron chi connectivity index (χ2n) is 5.88. The van der Waals surface area contributed by atoms with Gasteiger partial charge in [-0.05, 0) is 6.07 Å². The molecule has 3 heterocycles. The van der Waals surface area contributed by atoms with Gasteiger partial charge in [-0.3, -0.25) is 4.90 Å². The first kappa shape index (κ1) is 15.3. The lowest BCUT2D eigenvalue weighted by Crippen LogP contribution is -2.26. The Hall–Kier alpha value is -2.26. The van der Waals surface area contributed by atoms with Crippen molar-refractivity contribution in [1.29, 1.82) is 0 Å². The summed E-state index contributed by atoms with van der Waals surface area (Å²) in [4.78, 5) is 2.11. The van der Waals surface area contributed by atoms with Gasteiger partial charge in [0.05, 0.1) is 18.0 Å². The molecule has 0 amide bonds. The fourth-order valence-electron chi connectivity index (χ4n) is 3.28. The highest BCUT2D eigenvalue weighted by molar-refractivity contribution is 5.48. The molecular formula is C15H16F2N4O3. The topological polar surface area (TPSA) is 72.5 Å². The largest absolute Gasteiger partial charge is 0.586 e. The summed E-state index contributed by atoms with van der Waals surface area (Å²) in [5.74, 6) is 0.235. The predicted molar refractivity (Wildman–Crippen MR) is 77.8 cm³/mol. The Morgan fingerprint density at radius 1 is 1.38 bits per heavy atom. The minimum Gasteiger partial charge on any atom is -0.395 e. The zero-order valence-corrected chi connectivity index (χ0v) is 12.9. The average Bonchev–Trinajstić information content (AvgIpc) is 3.23. The van der Waals surface area contributed by atoms with Gasteiger partial charge in [0.15, 0.2) is 11.5 Å². The number of fused-ring (bicyclic) bond motifs is 1. The normalized spacial score (nSPS) is 25.3. The fraction of sp³-hybridized carbons (Fsp3) is 0.467. The van der Waals surface area contributed by atoms with E-state index in [1.807, 2.05) is 0 Å². The molecule has 2 atom stereocenters. The first-order valence-corrected chi connectivity index (χ1v) is 7.54. The van der Waals surface area contributed by atoms with Gasteiger partial charge in [-0.25, -0.2) is 0 Å². The number of nitrogens with one attached hydrogen (secondary N) is 1. The number of H-pyrrole nitrogens is 1. The van der Waals surface area contributed by atoms with Crippen molar-refractivity contribution in [2.45, 2.75) is 24.9 Å². The van der Waals surface area contributed by atoms with Crippen LogP contribution in [0.1, 0.15) is 17.2 Å². The van der Waals surface area contributed by atoms with Crippen LogP contribution in [0.15, 0.2) is 24.4 Å². The maximum atomic E-state index is 13.3. The van der Waals surface area contributed by atoms with Gasteiger partial charge < -0.3 is 14.2 Å². The minimum absolute atomic E-state index is 0.0366. The van der Waals surface area contributed by atoms with E-state index < -0.39 is 6.29 Å². The molecule has 0 unspecified atom stereocenters. The third-order valence-electron chi connectivity index (χ3n) is 4.36. The Morgan fingerprint density at radius 2 is 2.25 bits per heavy atom. The van der Waals surface area contributed by atoms with Gasteiger partial charge in [0, 0.05) is 38.2 Å². The van der Waals surface area contributed by atoms with Crippen molar-refractivity contribution in [2.75, 3.05) is 20.2 Å². The standard InChI is InChI=1S/C15H16F2N4O3/c1-22-13-8-21(7-10(13)11-5-18-20-19-11)6-9-3-2-4-12-14(9)24-15(16,17)23-12/h2-5,10,13H,6-8H2,1H3,(H,18,19,20)/t10-,13+/m0/s1. The van der Waals surface area contributed by atoms with Crippen LogP contribution in [0, 0.1) is 0 Å². The highest BCUT2D eigenvalue weighted by atomic mass is 19.3. The van der Waals surface area contributed by atoms with E-state index in [4.69, 9.17) is 4.74 Å². The smallest absolute Gasteiger partial charge is 0.395 e. The number of aromatic nitrogens is 3. The second kappa shape index (κ2) is 5.67. The summed E-state index contributed by atoms with van der Waals surface area (Å²) in [6, 6.07) is 4.91. The van der Waals surface area contributed by atoms with E-state index in [0.29, 0.717) is 25.2 Å². The molecule has 0 radical (unpaired) electrons. The molecule has 0 spiro atoms. The van der Waals surface area contributed by atoms with Crippen LogP contribution in [-0.2, 0) is 11.3 Å². The van der Waals surface area contributed by atoms with E-state index >= 15 is 0 Å². The number of likely N-dealkylation sites (tertiary alicyclic amines) is 1. The van der Waals surface area contributed by atoms with E-state index in [1.54, 1.807) is 25.4 Å². The molecule has 1 N–H and O–H groups in total. The van der Waals surface area contributed by atoms with Crippen LogP contribution in [-0.4, -0.2) is 52.9 Å². The summed E-state index contributed by atoms with van der Waals surface area (Å²) >= 11 is 0. The molecule has 1 saturated heterocycles. The maximum Gasteiger partial charge on any atom is 0.586 e. The summed E-state index contributed by atoms with van der Waals surface area (Å²) in [7, 11) is 1.65. The van der Waals surface area contributed by atoms with Crippen molar-refractivity contribution in [3.8, 4) is 11.5 Å². The number of rotatable bonds is 4. The summed E-state index contributed by atoms with van der Waals surface area (Å²) in [6.45, 7) is 1.80. The van der Waals surface area contributed by atoms with Crippen LogP contribution < -0.4 is 9.47 Å². The van der Waals surface area contributed by atoms with Crippen LogP contribution in [0.25, 0.3) is 0 Å². The predicted octanol–water partition coefficient (Wildman–Crippen LogP) is 1.74. The lowest BCUT2D eigenvalue weighted by molar-refractivity contribution is -0.287. The van der Waals surface area contributed by atoms with E-state index in [2.05, 4.69) is 29.8 Å². The Morgan fingerprint density at radius 3 is 3.00 bits per heavy atom. The molecule has 24 heavy (non-hydrogen) atoms. The zero-order chi connectivity index (χ0) is 16.7. The molecule has 1 aromatic heterocycles. The lowest BCUT2D eigenvalue weighted by atomic mass is 10.0. The molecule has 2 aromatic rings. The number of hydrogen-bond acceptors (Lipinski definition) is 6. The Balaban J connectivity index is 1.52. The van der Waals surface area contributed by atoms with Crippen molar-refractivity contribution in [1.82, 2.24) is 20.3 Å². The van der Waals surface area contributed by atoms with E-state index in [1.165, 1.54) is 6.07 Å². The monoisotopic (exact) mass is 338 g/mol. The average molecular weight is 338 g/mol. The van der Waals surface area contributed by atoms with Crippen molar-refractivity contribution < 1.29 is 23.0 Å². The molecule has 1 fully saturated rings. The highest BCUT2D eigenvalue weighted by Crippen LogP contribution is 2.44. The number of halogens is 2. The third kappa shape index (κ3) is 2.69. The Labute approximate surface area is 136 Å². The minimum atomic E-state index is -3.61. The van der Waals surface area contributed by atoms with Gasteiger partial charge in [0.2, 0.25) is 0 Å². The molecule has 9 heteroatoms. The van der Waals surface area contributed by atoms with Crippen LogP contribution in [0.2, 0.25) is 0 Å². The number of benzene rings is 1. The summed E-state index contributed by atoms with van der Waals surface area (Å²) < 4.78 is 41.3. The number of nitrogens with zero attached hydrogens (tertiary/aromatic N) is 3. The quantitative estimate of drug-likeness (QED) is 0.916. The number of aromatic amines is 1. The maximum absolute atomic E-state index is 13.3. The molecule has 0 aliphatic carbocycles. The molecule has 4 rings (SSSR count). The number of hydrogen-bond donors (Lipinski definition) is 1. The molecule has 0 bridgehead atoms. The van der Waals surface area contributed by atoms with Gasteiger partial charge in [-0.2, -0.15) is 15.4 Å². The van der Waals surface area contributed by atoms with Crippen LogP contribution >= 0.6 is 0 Å². The molecule has 7 nitrogen and oxygen atoms in total. The van der Waals surface area contributed by atoms with E-state index in [-0.39, 0.29) is 23.5 Å². The second-order valence-corrected chi connectivity index (χ2v) is 5.88. The van der Waals surface area contributed by atoms with Crippen molar-refractivity contribution in [3.63, 3.8) is 0 Å². The van der Waals surface area contributed by atoms with Crippen LogP contribution in [0.5, 0.6) is 11.5 Å². The van der Waals surface area contributed by atoms with Gasteiger partial charge in [0.25, 0.3) is 0 Å². The Kier molecular flexibility index (Phi) is 3.61. The van der Waals surface area contributed by atoms with Crippen molar-refractivity contribution in [3.05, 3.63) is 35.7 Å². The van der Waals surface area contributed by atoms with E-state index in [9.17, 15) is 8.78 Å². The molecule has 128 valence electrons. The summed E-state index contributed by atoms with van der Waals surface area (Å²) in [5.41, 5.74) is 1.48. The van der Waals surface area contributed by atoms with Crippen LogP contribution in [0.3, 0.4) is 0 Å². The van der Waals surface area contributed by atoms with Crippen molar-refractivity contribution in [2.24, 2.45) is 0 Å². The SMILES string of the molecule is CO[C@@H]1CN(Cc2cccc3c2OC(F)(F)O3)C[C@H]1c1cn[nH]n1. The van der Waals surface area contributed by atoms with Gasteiger partial charge >= 0.3 is 6.29 Å². The first-order chi connectivity index (χ1) is 11.6. The number of alkyl halides is 2. The molecule has 1 aromatic carbocycles.